The lowest BCUT2D eigenvalue weighted by atomic mass is 10.2. The van der Waals surface area contributed by atoms with Gasteiger partial charge in [-0.3, -0.25) is 4.57 Å². The molecule has 86 valence electrons. The van der Waals surface area contributed by atoms with E-state index in [1.165, 1.54) is 0 Å². The number of hydrogen-bond acceptors (Lipinski definition) is 2. The lowest BCUT2D eigenvalue weighted by molar-refractivity contribution is -0.406. The van der Waals surface area contributed by atoms with Crippen LogP contribution in [0.25, 0.3) is 0 Å². The Morgan fingerprint density at radius 2 is 1.47 bits per heavy atom. The second-order valence-corrected chi connectivity index (χ2v) is 2.64. The fourth-order valence-corrected chi connectivity index (χ4v) is 0.904. The van der Waals surface area contributed by atoms with Crippen LogP contribution in [0, 0.1) is 0 Å². The van der Waals surface area contributed by atoms with Crippen molar-refractivity contribution in [1.82, 2.24) is 9.55 Å². The maximum absolute atomic E-state index is 12.1. The van der Waals surface area contributed by atoms with Crippen LogP contribution in [0.2, 0.25) is 0 Å². The van der Waals surface area contributed by atoms with Crippen molar-refractivity contribution in [3.05, 3.63) is 18.7 Å². The highest BCUT2D eigenvalue weighted by Crippen LogP contribution is 2.46. The Labute approximate surface area is 79.0 Å². The van der Waals surface area contributed by atoms with E-state index in [1.54, 1.807) is 0 Å². The number of hydrogen-bond donors (Lipinski definition) is 1. The van der Waals surface area contributed by atoms with Gasteiger partial charge < -0.3 is 5.11 Å². The van der Waals surface area contributed by atoms with Crippen molar-refractivity contribution in [2.24, 2.45) is 0 Å². The van der Waals surface area contributed by atoms with Crippen LogP contribution in [-0.2, 0) is 5.72 Å². The highest BCUT2D eigenvalue weighted by molar-refractivity contribution is 4.94. The molecule has 9 heteroatoms. The smallest absolute Gasteiger partial charge is 0.356 e. The fourth-order valence-electron chi connectivity index (χ4n) is 0.904. The van der Waals surface area contributed by atoms with Crippen LogP contribution in [0.1, 0.15) is 0 Å². The van der Waals surface area contributed by atoms with E-state index in [0.717, 1.165) is 0 Å². The van der Waals surface area contributed by atoms with Gasteiger partial charge in [-0.2, -0.15) is 26.3 Å². The van der Waals surface area contributed by atoms with Gasteiger partial charge in [-0.15, -0.1) is 0 Å². The van der Waals surface area contributed by atoms with Gasteiger partial charge in [0.25, 0.3) is 0 Å². The van der Waals surface area contributed by atoms with E-state index in [-0.39, 0.29) is 6.33 Å². The summed E-state index contributed by atoms with van der Waals surface area (Å²) in [5.74, 6) is 0. The minimum absolute atomic E-state index is 0.237. The second kappa shape index (κ2) is 3.12. The van der Waals surface area contributed by atoms with E-state index >= 15 is 0 Å². The Bertz CT molecular complexity index is 312. The van der Waals surface area contributed by atoms with Gasteiger partial charge in [-0.05, 0) is 0 Å². The van der Waals surface area contributed by atoms with E-state index in [4.69, 9.17) is 5.11 Å². The molecule has 15 heavy (non-hydrogen) atoms. The average Bonchev–Trinajstić information content (AvgIpc) is 2.49. The molecule has 1 aromatic heterocycles. The largest absolute Gasteiger partial charge is 0.446 e. The molecule has 0 aliphatic rings. The molecule has 3 nitrogen and oxygen atoms in total. The van der Waals surface area contributed by atoms with E-state index in [2.05, 4.69) is 4.98 Å². The summed E-state index contributed by atoms with van der Waals surface area (Å²) < 4.78 is 72.4. The monoisotopic (exact) mass is 234 g/mol. The Balaban J connectivity index is 3.33. The van der Waals surface area contributed by atoms with Gasteiger partial charge in [0, 0.05) is 12.4 Å². The van der Waals surface area contributed by atoms with Gasteiger partial charge in [0.2, 0.25) is 0 Å². The Kier molecular flexibility index (Phi) is 2.46. The van der Waals surface area contributed by atoms with Crippen molar-refractivity contribution < 1.29 is 31.4 Å². The van der Waals surface area contributed by atoms with Crippen molar-refractivity contribution in [3.8, 4) is 0 Å². The molecule has 1 heterocycles. The van der Waals surface area contributed by atoms with Gasteiger partial charge in [-0.25, -0.2) is 4.98 Å². The standard InChI is InChI=1S/C6H4F6N2O/c7-5(8,9)4(15,6(10,11)12)14-2-1-13-3-14/h1-3,15H. The number of rotatable bonds is 1. The van der Waals surface area contributed by atoms with Crippen molar-refractivity contribution in [3.63, 3.8) is 0 Å². The van der Waals surface area contributed by atoms with Crippen LogP contribution in [0.15, 0.2) is 18.7 Å². The predicted molar refractivity (Wildman–Crippen MR) is 34.5 cm³/mol. The first-order chi connectivity index (χ1) is 6.61. The molecular formula is C6H4F6N2O. The van der Waals surface area contributed by atoms with E-state index in [9.17, 15) is 26.3 Å². The second-order valence-electron chi connectivity index (χ2n) is 2.64. The highest BCUT2D eigenvalue weighted by atomic mass is 19.4. The molecule has 0 fully saturated rings. The van der Waals surface area contributed by atoms with Crippen LogP contribution >= 0.6 is 0 Å². The first-order valence-corrected chi connectivity index (χ1v) is 3.45. The molecule has 0 saturated heterocycles. The third-order valence-corrected chi connectivity index (χ3v) is 1.67. The molecule has 0 aliphatic carbocycles. The third kappa shape index (κ3) is 1.66. The maximum atomic E-state index is 12.1. The fraction of sp³-hybridized carbons (Fsp3) is 0.500. The van der Waals surface area contributed by atoms with Gasteiger partial charge in [0.1, 0.15) is 0 Å². The summed E-state index contributed by atoms with van der Waals surface area (Å²) in [5, 5.41) is 8.72. The first-order valence-electron chi connectivity index (χ1n) is 3.45. The third-order valence-electron chi connectivity index (χ3n) is 1.67. The minimum Gasteiger partial charge on any atom is -0.356 e. The molecule has 0 unspecified atom stereocenters. The molecule has 0 aromatic carbocycles. The number of aromatic nitrogens is 2. The van der Waals surface area contributed by atoms with Crippen molar-refractivity contribution in [1.29, 1.82) is 0 Å². The summed E-state index contributed by atoms with van der Waals surface area (Å²) >= 11 is 0. The molecule has 0 spiro atoms. The highest BCUT2D eigenvalue weighted by Gasteiger charge is 2.72. The zero-order valence-corrected chi connectivity index (χ0v) is 6.84. The molecule has 0 saturated carbocycles. The topological polar surface area (TPSA) is 38.0 Å². The number of halogens is 6. The molecule has 0 amide bonds. The molecule has 1 aromatic rings. The van der Waals surface area contributed by atoms with Crippen molar-refractivity contribution >= 4 is 0 Å². The predicted octanol–water partition coefficient (Wildman–Crippen LogP) is 1.65. The lowest BCUT2D eigenvalue weighted by Gasteiger charge is -2.32. The molecule has 0 bridgehead atoms. The normalized spacial score (nSPS) is 14.3. The number of alkyl halides is 6. The Hall–Kier alpha value is -1.25. The molecule has 0 radical (unpaired) electrons. The summed E-state index contributed by atoms with van der Waals surface area (Å²) in [6.07, 6.45) is -10.5. The molecule has 0 atom stereocenters. The van der Waals surface area contributed by atoms with E-state index < -0.39 is 22.6 Å². The van der Waals surface area contributed by atoms with Gasteiger partial charge in [0.05, 0.1) is 6.33 Å². The van der Waals surface area contributed by atoms with Crippen LogP contribution in [0.3, 0.4) is 0 Å². The van der Waals surface area contributed by atoms with Crippen molar-refractivity contribution in [2.75, 3.05) is 0 Å². The summed E-state index contributed by atoms with van der Waals surface area (Å²) in [5.41, 5.74) is -4.95. The van der Waals surface area contributed by atoms with Gasteiger partial charge in [0.15, 0.2) is 0 Å². The zero-order chi connectivity index (χ0) is 11.9. The molecular weight excluding hydrogens is 230 g/mol. The van der Waals surface area contributed by atoms with E-state index in [1.807, 2.05) is 0 Å². The average molecular weight is 234 g/mol. The Morgan fingerprint density at radius 1 is 1.00 bits per heavy atom. The molecule has 1 rings (SSSR count). The van der Waals surface area contributed by atoms with Crippen LogP contribution in [0.5, 0.6) is 0 Å². The van der Waals surface area contributed by atoms with Crippen LogP contribution in [0.4, 0.5) is 26.3 Å². The van der Waals surface area contributed by atoms with Crippen LogP contribution < -0.4 is 0 Å². The van der Waals surface area contributed by atoms with Crippen LogP contribution in [-0.4, -0.2) is 27.0 Å². The first kappa shape index (κ1) is 11.8. The zero-order valence-electron chi connectivity index (χ0n) is 6.84. The van der Waals surface area contributed by atoms with E-state index in [0.29, 0.717) is 12.4 Å². The van der Waals surface area contributed by atoms with Gasteiger partial charge >= 0.3 is 18.1 Å². The minimum atomic E-state index is -5.88. The number of nitrogens with zero attached hydrogens (tertiary/aromatic N) is 2. The van der Waals surface area contributed by atoms with Gasteiger partial charge in [-0.1, -0.05) is 0 Å². The number of imidazole rings is 1. The SMILES string of the molecule is OC(n1ccnc1)(C(F)(F)F)C(F)(F)F. The summed E-state index contributed by atoms with van der Waals surface area (Å²) in [6, 6.07) is 0. The molecule has 0 aliphatic heterocycles. The Morgan fingerprint density at radius 3 is 1.73 bits per heavy atom. The summed E-state index contributed by atoms with van der Waals surface area (Å²) in [4.78, 5) is 3.02. The maximum Gasteiger partial charge on any atom is 0.446 e. The number of aliphatic hydroxyl groups is 1. The van der Waals surface area contributed by atoms with Crippen molar-refractivity contribution in [2.45, 2.75) is 18.1 Å². The summed E-state index contributed by atoms with van der Waals surface area (Å²) in [6.45, 7) is 0. The lowest BCUT2D eigenvalue weighted by Crippen LogP contribution is -2.57. The summed E-state index contributed by atoms with van der Waals surface area (Å²) in [7, 11) is 0. The molecule has 1 N–H and O–H groups in total. The quantitative estimate of drug-likeness (QED) is 0.750.